The van der Waals surface area contributed by atoms with Crippen molar-refractivity contribution >= 4 is 28.8 Å². The quantitative estimate of drug-likeness (QED) is 0.919. The Balaban J connectivity index is 2.01. The highest BCUT2D eigenvalue weighted by Gasteiger charge is 2.19. The summed E-state index contributed by atoms with van der Waals surface area (Å²) in [7, 11) is 0. The molecule has 0 saturated carbocycles. The molecule has 0 aliphatic carbocycles. The summed E-state index contributed by atoms with van der Waals surface area (Å²) in [6, 6.07) is 5.28. The van der Waals surface area contributed by atoms with Gasteiger partial charge in [-0.2, -0.15) is 11.8 Å². The number of benzene rings is 1. The fraction of sp³-hybridized carbons (Fsp3) is 0.500. The van der Waals surface area contributed by atoms with E-state index in [4.69, 9.17) is 5.11 Å². The molecule has 1 atom stereocenters. The van der Waals surface area contributed by atoms with Gasteiger partial charge in [0.05, 0.1) is 16.6 Å². The number of aromatic carboxylic acids is 1. The van der Waals surface area contributed by atoms with Crippen LogP contribution in [-0.2, 0) is 13.0 Å². The van der Waals surface area contributed by atoms with Crippen molar-refractivity contribution in [1.29, 1.82) is 0 Å². The van der Waals surface area contributed by atoms with Crippen molar-refractivity contribution in [3.63, 3.8) is 0 Å². The number of fused-ring (bicyclic) bond motifs is 1. The fourth-order valence-electron chi connectivity index (χ4n) is 2.92. The second-order valence-electron chi connectivity index (χ2n) is 5.63. The summed E-state index contributed by atoms with van der Waals surface area (Å²) in [4.78, 5) is 15.8. The van der Waals surface area contributed by atoms with Crippen LogP contribution in [-0.4, -0.2) is 32.1 Å². The molecule has 21 heavy (non-hydrogen) atoms. The lowest BCUT2D eigenvalue weighted by Gasteiger charge is -2.13. The monoisotopic (exact) mass is 304 g/mol. The molecule has 4 nitrogen and oxygen atoms in total. The molecule has 1 aromatic carbocycles. The van der Waals surface area contributed by atoms with Gasteiger partial charge in [0.15, 0.2) is 0 Å². The molecule has 0 radical (unpaired) electrons. The molecule has 1 aliphatic rings. The highest BCUT2D eigenvalue weighted by Crippen LogP contribution is 2.28. The van der Waals surface area contributed by atoms with E-state index in [0.29, 0.717) is 11.5 Å². The number of hydrogen-bond acceptors (Lipinski definition) is 3. The van der Waals surface area contributed by atoms with E-state index < -0.39 is 5.97 Å². The van der Waals surface area contributed by atoms with E-state index in [-0.39, 0.29) is 0 Å². The first kappa shape index (κ1) is 14.4. The van der Waals surface area contributed by atoms with E-state index >= 15 is 0 Å². The number of nitrogens with zero attached hydrogens (tertiary/aromatic N) is 2. The number of thioether (sulfide) groups is 1. The van der Waals surface area contributed by atoms with Crippen LogP contribution in [0.2, 0.25) is 0 Å². The lowest BCUT2D eigenvalue weighted by Crippen LogP contribution is -2.12. The molecule has 0 bridgehead atoms. The van der Waals surface area contributed by atoms with Crippen LogP contribution in [0.25, 0.3) is 11.0 Å². The minimum absolute atomic E-state index is 0.312. The third-order valence-electron chi connectivity index (χ3n) is 4.01. The Kier molecular flexibility index (Phi) is 4.19. The van der Waals surface area contributed by atoms with Crippen molar-refractivity contribution < 1.29 is 9.90 Å². The van der Waals surface area contributed by atoms with Gasteiger partial charge in [0.1, 0.15) is 5.82 Å². The van der Waals surface area contributed by atoms with E-state index in [1.54, 1.807) is 12.1 Å². The van der Waals surface area contributed by atoms with Crippen LogP contribution in [0.15, 0.2) is 18.2 Å². The van der Waals surface area contributed by atoms with Crippen LogP contribution >= 0.6 is 11.8 Å². The first-order valence-electron chi connectivity index (χ1n) is 7.49. The highest BCUT2D eigenvalue weighted by molar-refractivity contribution is 7.99. The predicted octanol–water partition coefficient (Wildman–Crippen LogP) is 3.44. The van der Waals surface area contributed by atoms with Crippen LogP contribution in [0.4, 0.5) is 0 Å². The maximum atomic E-state index is 11.1. The van der Waals surface area contributed by atoms with Crippen LogP contribution in [0.1, 0.15) is 35.9 Å². The largest absolute Gasteiger partial charge is 0.478 e. The zero-order valence-electron chi connectivity index (χ0n) is 12.2. The van der Waals surface area contributed by atoms with Gasteiger partial charge in [0.2, 0.25) is 0 Å². The number of hydrogen-bond donors (Lipinski definition) is 1. The normalized spacial score (nSPS) is 18.4. The summed E-state index contributed by atoms with van der Waals surface area (Å²) in [5, 5.41) is 9.12. The second kappa shape index (κ2) is 6.10. The average Bonchev–Trinajstić information content (AvgIpc) is 3.08. The van der Waals surface area contributed by atoms with Gasteiger partial charge in [0, 0.05) is 13.0 Å². The van der Waals surface area contributed by atoms with E-state index in [9.17, 15) is 4.79 Å². The van der Waals surface area contributed by atoms with Crippen molar-refractivity contribution in [3.8, 4) is 0 Å². The molecular formula is C16H20N2O2S. The van der Waals surface area contributed by atoms with Gasteiger partial charge >= 0.3 is 5.97 Å². The molecule has 3 rings (SSSR count). The van der Waals surface area contributed by atoms with Crippen molar-refractivity contribution in [1.82, 2.24) is 9.55 Å². The predicted molar refractivity (Wildman–Crippen MR) is 86.1 cm³/mol. The fourth-order valence-corrected chi connectivity index (χ4v) is 4.19. The topological polar surface area (TPSA) is 55.1 Å². The van der Waals surface area contributed by atoms with Crippen molar-refractivity contribution in [2.75, 3.05) is 11.5 Å². The number of carbonyl (C=O) groups is 1. The van der Waals surface area contributed by atoms with E-state index in [1.165, 1.54) is 17.9 Å². The smallest absolute Gasteiger partial charge is 0.335 e. The van der Waals surface area contributed by atoms with Crippen LogP contribution in [0.5, 0.6) is 0 Å². The number of imidazole rings is 1. The van der Waals surface area contributed by atoms with Crippen LogP contribution in [0.3, 0.4) is 0 Å². The molecule has 1 N–H and O–H groups in total. The molecular weight excluding hydrogens is 284 g/mol. The van der Waals surface area contributed by atoms with Crippen molar-refractivity contribution in [2.45, 2.75) is 32.7 Å². The lowest BCUT2D eigenvalue weighted by atomic mass is 10.1. The molecule has 1 aromatic heterocycles. The molecule has 0 spiro atoms. The molecule has 112 valence electrons. The third kappa shape index (κ3) is 2.93. The van der Waals surface area contributed by atoms with Gasteiger partial charge in [-0.25, -0.2) is 9.78 Å². The Morgan fingerprint density at radius 1 is 1.52 bits per heavy atom. The summed E-state index contributed by atoms with van der Waals surface area (Å²) in [5.74, 6) is 3.38. The summed E-state index contributed by atoms with van der Waals surface area (Å²) in [6.45, 7) is 3.16. The summed E-state index contributed by atoms with van der Waals surface area (Å²) < 4.78 is 2.31. The minimum Gasteiger partial charge on any atom is -0.478 e. The van der Waals surface area contributed by atoms with Crippen LogP contribution in [0, 0.1) is 5.92 Å². The first-order valence-corrected chi connectivity index (χ1v) is 8.64. The lowest BCUT2D eigenvalue weighted by molar-refractivity contribution is 0.0697. The van der Waals surface area contributed by atoms with Gasteiger partial charge in [-0.3, -0.25) is 0 Å². The maximum Gasteiger partial charge on any atom is 0.335 e. The number of aromatic nitrogens is 2. The van der Waals surface area contributed by atoms with E-state index in [2.05, 4.69) is 16.5 Å². The Labute approximate surface area is 128 Å². The first-order chi connectivity index (χ1) is 10.2. The Morgan fingerprint density at radius 2 is 2.38 bits per heavy atom. The van der Waals surface area contributed by atoms with E-state index in [0.717, 1.165) is 36.2 Å². The second-order valence-corrected chi connectivity index (χ2v) is 6.78. The van der Waals surface area contributed by atoms with Gasteiger partial charge in [-0.05, 0) is 48.5 Å². The number of carboxylic acid groups (broad SMARTS) is 1. The zero-order chi connectivity index (χ0) is 14.8. The van der Waals surface area contributed by atoms with Crippen molar-refractivity contribution in [3.05, 3.63) is 29.6 Å². The maximum absolute atomic E-state index is 11.1. The molecule has 0 amide bonds. The highest BCUT2D eigenvalue weighted by atomic mass is 32.2. The van der Waals surface area contributed by atoms with Gasteiger partial charge in [-0.15, -0.1) is 0 Å². The van der Waals surface area contributed by atoms with Crippen LogP contribution < -0.4 is 0 Å². The van der Waals surface area contributed by atoms with Gasteiger partial charge < -0.3 is 9.67 Å². The molecule has 2 aromatic rings. The van der Waals surface area contributed by atoms with Gasteiger partial charge in [0.25, 0.3) is 0 Å². The average molecular weight is 304 g/mol. The number of rotatable bonds is 5. The SMILES string of the molecule is CCCc1nc2cc(C(=O)O)ccc2n1CC1CCSC1. The standard InChI is InChI=1S/C16H20N2O2S/c1-2-3-15-17-13-8-12(16(19)20)4-5-14(13)18(15)9-11-6-7-21-10-11/h4-5,8,11H,2-3,6-7,9-10H2,1H3,(H,19,20). The summed E-state index contributed by atoms with van der Waals surface area (Å²) in [6.07, 6.45) is 3.26. The molecule has 1 unspecified atom stereocenters. The Morgan fingerprint density at radius 3 is 3.05 bits per heavy atom. The number of carboxylic acids is 1. The number of aryl methyl sites for hydroxylation is 1. The Bertz CT molecular complexity index is 660. The van der Waals surface area contributed by atoms with Gasteiger partial charge in [-0.1, -0.05) is 6.92 Å². The Hall–Kier alpha value is -1.49. The minimum atomic E-state index is -0.893. The van der Waals surface area contributed by atoms with Crippen molar-refractivity contribution in [2.24, 2.45) is 5.92 Å². The van der Waals surface area contributed by atoms with E-state index in [1.807, 2.05) is 17.8 Å². The molecule has 2 heterocycles. The molecule has 1 saturated heterocycles. The molecule has 5 heteroatoms. The third-order valence-corrected chi connectivity index (χ3v) is 5.24. The molecule has 1 fully saturated rings. The zero-order valence-corrected chi connectivity index (χ0v) is 13.0. The summed E-state index contributed by atoms with van der Waals surface area (Å²) in [5.41, 5.74) is 2.19. The molecule has 1 aliphatic heterocycles. The summed E-state index contributed by atoms with van der Waals surface area (Å²) >= 11 is 2.02.